The monoisotopic (exact) mass is 123 g/mol. The number of carbonyl (C=O) groups excluding carboxylic acids is 1. The highest BCUT2D eigenvalue weighted by Gasteiger charge is 1.92. The maximum Gasteiger partial charge on any atom is 0.420 e. The van der Waals surface area contributed by atoms with Crippen molar-refractivity contribution in [1.82, 2.24) is 5.32 Å². The fraction of sp³-hybridized carbons (Fsp3) is 0.500. The van der Waals surface area contributed by atoms with E-state index in [2.05, 4.69) is 9.50 Å². The van der Waals surface area contributed by atoms with Crippen LogP contribution in [0.1, 0.15) is 0 Å². The summed E-state index contributed by atoms with van der Waals surface area (Å²) in [5.74, 6) is 0. The molecule has 0 heterocycles. The number of rotatable bonds is 1. The van der Waals surface area contributed by atoms with Crippen molar-refractivity contribution in [1.29, 1.82) is 0 Å². The minimum atomic E-state index is -0.660. The summed E-state index contributed by atoms with van der Waals surface area (Å²) >= 11 is 0.0223. The molecule has 0 radical (unpaired) electrons. The van der Waals surface area contributed by atoms with Gasteiger partial charge in [0, 0.05) is 7.05 Å². The van der Waals surface area contributed by atoms with E-state index in [0.717, 1.165) is 0 Å². The van der Waals surface area contributed by atoms with E-state index in [4.69, 9.17) is 4.55 Å². The molecule has 0 saturated carbocycles. The average Bonchev–Trinajstić information content (AvgIpc) is 1.68. The number of hydrogen-bond acceptors (Lipinski definition) is 4. The molecular weight excluding hydrogens is 118 g/mol. The molecule has 1 amide bonds. The Balaban J connectivity index is 3.00. The minimum absolute atomic E-state index is 0.0223. The summed E-state index contributed by atoms with van der Waals surface area (Å²) in [5.41, 5.74) is 0. The molecule has 5 heteroatoms. The van der Waals surface area contributed by atoms with E-state index >= 15 is 0 Å². The summed E-state index contributed by atoms with van der Waals surface area (Å²) in [7, 11) is 1.40. The molecule has 0 rings (SSSR count). The van der Waals surface area contributed by atoms with Crippen LogP contribution in [0.5, 0.6) is 0 Å². The Morgan fingerprint density at radius 2 is 2.57 bits per heavy atom. The number of carbonyl (C=O) groups is 1. The first-order chi connectivity index (χ1) is 3.31. The summed E-state index contributed by atoms with van der Waals surface area (Å²) in [6.07, 6.45) is -0.660. The summed E-state index contributed by atoms with van der Waals surface area (Å²) in [5, 5.41) is 2.12. The number of hydrogen-bond donors (Lipinski definition) is 2. The van der Waals surface area contributed by atoms with Crippen molar-refractivity contribution < 1.29 is 13.5 Å². The standard InChI is InChI=1S/C2H5NO3S/c1-3-2(4)6-7-5/h5H,1H3,(H,3,4). The van der Waals surface area contributed by atoms with Crippen molar-refractivity contribution in [2.45, 2.75) is 0 Å². The predicted molar refractivity (Wildman–Crippen MR) is 25.8 cm³/mol. The first kappa shape index (κ1) is 6.58. The van der Waals surface area contributed by atoms with E-state index < -0.39 is 6.09 Å². The maximum absolute atomic E-state index is 9.90. The molecule has 0 saturated heterocycles. The van der Waals surface area contributed by atoms with Crippen LogP contribution in [-0.2, 0) is 4.18 Å². The zero-order valence-electron chi connectivity index (χ0n) is 3.67. The smallest absolute Gasteiger partial charge is 0.347 e. The van der Waals surface area contributed by atoms with Crippen LogP contribution in [0.15, 0.2) is 0 Å². The van der Waals surface area contributed by atoms with E-state index in [9.17, 15) is 4.79 Å². The zero-order chi connectivity index (χ0) is 5.70. The predicted octanol–water partition coefficient (Wildman–Crippen LogP) is 0.464. The van der Waals surface area contributed by atoms with Crippen LogP contribution in [0.2, 0.25) is 0 Å². The third-order valence-electron chi connectivity index (χ3n) is 0.317. The third-order valence-corrected chi connectivity index (χ3v) is 0.543. The highest BCUT2D eigenvalue weighted by Crippen LogP contribution is 1.91. The van der Waals surface area contributed by atoms with Gasteiger partial charge in [0.2, 0.25) is 12.3 Å². The molecule has 0 atom stereocenters. The molecule has 0 aromatic rings. The Morgan fingerprint density at radius 3 is 2.71 bits per heavy atom. The molecule has 0 aromatic carbocycles. The third kappa shape index (κ3) is 3.41. The fourth-order valence-corrected chi connectivity index (χ4v) is 0.227. The summed E-state index contributed by atoms with van der Waals surface area (Å²) < 4.78 is 11.7. The van der Waals surface area contributed by atoms with Gasteiger partial charge < -0.3 is 9.50 Å². The molecule has 0 aliphatic rings. The van der Waals surface area contributed by atoms with Crippen LogP contribution in [0.3, 0.4) is 0 Å². The first-order valence-corrected chi connectivity index (χ1v) is 2.21. The van der Waals surface area contributed by atoms with Crippen LogP contribution < -0.4 is 5.32 Å². The van der Waals surface area contributed by atoms with Crippen molar-refractivity contribution >= 4 is 18.4 Å². The Morgan fingerprint density at radius 1 is 2.00 bits per heavy atom. The van der Waals surface area contributed by atoms with Gasteiger partial charge in [-0.25, -0.2) is 4.79 Å². The van der Waals surface area contributed by atoms with Gasteiger partial charge in [0.05, 0.1) is 0 Å². The van der Waals surface area contributed by atoms with Gasteiger partial charge in [0.25, 0.3) is 0 Å². The normalized spacial score (nSPS) is 7.71. The Hall–Kier alpha value is -0.420. The van der Waals surface area contributed by atoms with Gasteiger partial charge in [-0.15, -0.1) is 0 Å². The van der Waals surface area contributed by atoms with Crippen LogP contribution >= 0.6 is 12.3 Å². The van der Waals surface area contributed by atoms with Gasteiger partial charge in [-0.2, -0.15) is 0 Å². The Kier molecular flexibility index (Phi) is 3.53. The molecule has 0 aliphatic heterocycles. The first-order valence-electron chi connectivity index (χ1n) is 1.51. The van der Waals surface area contributed by atoms with Gasteiger partial charge in [-0.3, -0.25) is 4.55 Å². The highest BCUT2D eigenvalue weighted by molar-refractivity contribution is 7.89. The molecule has 0 fully saturated rings. The molecule has 0 aromatic heterocycles. The molecule has 0 spiro atoms. The van der Waals surface area contributed by atoms with Crippen LogP contribution in [0.4, 0.5) is 4.79 Å². The summed E-state index contributed by atoms with van der Waals surface area (Å²) in [6.45, 7) is 0. The van der Waals surface area contributed by atoms with Crippen molar-refractivity contribution in [2.24, 2.45) is 0 Å². The van der Waals surface area contributed by atoms with Gasteiger partial charge in [-0.1, -0.05) is 0 Å². The second kappa shape index (κ2) is 3.76. The lowest BCUT2D eigenvalue weighted by Gasteiger charge is -1.91. The molecule has 4 nitrogen and oxygen atoms in total. The molecule has 42 valence electrons. The van der Waals surface area contributed by atoms with Gasteiger partial charge >= 0.3 is 6.09 Å². The van der Waals surface area contributed by atoms with Gasteiger partial charge in [0.1, 0.15) is 0 Å². The zero-order valence-corrected chi connectivity index (χ0v) is 4.49. The quantitative estimate of drug-likeness (QED) is 0.497. The van der Waals surface area contributed by atoms with Crippen LogP contribution in [-0.4, -0.2) is 17.7 Å². The lowest BCUT2D eigenvalue weighted by atomic mass is 11.1. The van der Waals surface area contributed by atoms with Crippen LogP contribution in [0, 0.1) is 0 Å². The lowest BCUT2D eigenvalue weighted by Crippen LogP contribution is -2.15. The SMILES string of the molecule is CNC(=O)OSO. The molecular formula is C2H5NO3S. The van der Waals surface area contributed by atoms with Crippen molar-refractivity contribution in [3.05, 3.63) is 0 Å². The van der Waals surface area contributed by atoms with E-state index in [1.807, 2.05) is 0 Å². The van der Waals surface area contributed by atoms with E-state index in [1.54, 1.807) is 0 Å². The largest absolute Gasteiger partial charge is 0.420 e. The molecule has 0 aliphatic carbocycles. The molecule has 0 bridgehead atoms. The summed E-state index contributed by atoms with van der Waals surface area (Å²) in [6, 6.07) is 0. The highest BCUT2D eigenvalue weighted by atomic mass is 32.2. The number of amides is 1. The van der Waals surface area contributed by atoms with Gasteiger partial charge in [0.15, 0.2) is 0 Å². The van der Waals surface area contributed by atoms with E-state index in [1.165, 1.54) is 7.05 Å². The minimum Gasteiger partial charge on any atom is -0.347 e. The van der Waals surface area contributed by atoms with Crippen LogP contribution in [0.25, 0.3) is 0 Å². The van der Waals surface area contributed by atoms with Crippen molar-refractivity contribution in [3.63, 3.8) is 0 Å². The Labute approximate surface area is 45.3 Å². The van der Waals surface area contributed by atoms with E-state index in [0.29, 0.717) is 0 Å². The molecule has 7 heavy (non-hydrogen) atoms. The lowest BCUT2D eigenvalue weighted by molar-refractivity contribution is 0.208. The van der Waals surface area contributed by atoms with Gasteiger partial charge in [-0.05, 0) is 0 Å². The fourth-order valence-electron chi connectivity index (χ4n) is 0.0755. The maximum atomic E-state index is 9.90. The topological polar surface area (TPSA) is 58.6 Å². The summed E-state index contributed by atoms with van der Waals surface area (Å²) in [4.78, 5) is 9.90. The molecule has 0 unspecified atom stereocenters. The Bertz CT molecular complexity index is 66.0. The van der Waals surface area contributed by atoms with E-state index in [-0.39, 0.29) is 12.3 Å². The second-order valence-corrected chi connectivity index (χ2v) is 1.01. The van der Waals surface area contributed by atoms with Crippen molar-refractivity contribution in [2.75, 3.05) is 7.05 Å². The number of nitrogens with one attached hydrogen (secondary N) is 1. The average molecular weight is 123 g/mol. The second-order valence-electron chi connectivity index (χ2n) is 0.695. The van der Waals surface area contributed by atoms with Crippen molar-refractivity contribution in [3.8, 4) is 0 Å². The molecule has 2 N–H and O–H groups in total.